The second kappa shape index (κ2) is 12.0. The van der Waals surface area contributed by atoms with Gasteiger partial charge in [-0.05, 0) is 108 Å². The molecule has 1 aliphatic rings. The van der Waals surface area contributed by atoms with Gasteiger partial charge in [0.15, 0.2) is 4.24 Å². The second-order valence-electron chi connectivity index (χ2n) is 8.45. The predicted octanol–water partition coefficient (Wildman–Crippen LogP) is 7.02. The summed E-state index contributed by atoms with van der Waals surface area (Å²) in [5.74, 6) is 1.90. The first-order valence-corrected chi connectivity index (χ1v) is 14.6. The number of amides is 1. The molecule has 35 heavy (non-hydrogen) atoms. The van der Waals surface area contributed by atoms with E-state index >= 15 is 0 Å². The van der Waals surface area contributed by atoms with E-state index in [0.717, 1.165) is 40.4 Å². The van der Waals surface area contributed by atoms with Crippen molar-refractivity contribution in [2.75, 3.05) is 19.1 Å². The Morgan fingerprint density at radius 2 is 1.86 bits per heavy atom. The molecule has 182 valence electrons. The average molecular weight is 526 g/mol. The summed E-state index contributed by atoms with van der Waals surface area (Å²) in [6.07, 6.45) is 8.66. The maximum Gasteiger partial charge on any atom is 0.251 e. The minimum atomic E-state index is -1.01. The van der Waals surface area contributed by atoms with Crippen molar-refractivity contribution in [1.82, 2.24) is 5.32 Å². The number of halogens is 1. The predicted molar refractivity (Wildman–Crippen MR) is 148 cm³/mol. The van der Waals surface area contributed by atoms with Crippen LogP contribution in [0.5, 0.6) is 11.5 Å². The molecule has 0 heterocycles. The topological polar surface area (TPSA) is 61.4 Å². The molecular formula is C28H28ClNO3S2. The highest BCUT2D eigenvalue weighted by atomic mass is 35.5. The van der Waals surface area contributed by atoms with Gasteiger partial charge in [0.2, 0.25) is 0 Å². The number of hydrogen-bond acceptors (Lipinski definition) is 4. The molecule has 1 fully saturated rings. The van der Waals surface area contributed by atoms with Gasteiger partial charge in [-0.2, -0.15) is 0 Å². The number of carbonyl (C=O) groups is 1. The van der Waals surface area contributed by atoms with Gasteiger partial charge in [-0.25, -0.2) is 0 Å². The van der Waals surface area contributed by atoms with Crippen LogP contribution in [0.2, 0.25) is 5.02 Å². The SMILES string of the molecule is CS/C(=C/c1ccc(Oc2ccc(C(=O)NCCc3ccc(Cl)cc3)cc2)c(C2CC2)c1)[S+](C)[O-]. The molecule has 0 radical (unpaired) electrons. The van der Waals surface area contributed by atoms with Crippen molar-refractivity contribution in [3.63, 3.8) is 0 Å². The molecule has 1 atom stereocenters. The van der Waals surface area contributed by atoms with Crippen molar-refractivity contribution in [2.24, 2.45) is 0 Å². The lowest BCUT2D eigenvalue weighted by molar-refractivity contribution is 0.0954. The number of rotatable bonds is 10. The Kier molecular flexibility index (Phi) is 8.84. The van der Waals surface area contributed by atoms with Crippen LogP contribution < -0.4 is 10.1 Å². The summed E-state index contributed by atoms with van der Waals surface area (Å²) in [4.78, 5) is 12.5. The maximum atomic E-state index is 12.5. The first kappa shape index (κ1) is 25.7. The molecule has 1 aliphatic carbocycles. The fourth-order valence-corrected chi connectivity index (χ4v) is 5.35. The van der Waals surface area contributed by atoms with E-state index in [9.17, 15) is 9.35 Å². The van der Waals surface area contributed by atoms with Crippen molar-refractivity contribution < 1.29 is 14.1 Å². The van der Waals surface area contributed by atoms with Gasteiger partial charge in [-0.1, -0.05) is 41.6 Å². The molecule has 0 aromatic heterocycles. The van der Waals surface area contributed by atoms with Crippen molar-refractivity contribution in [3.05, 3.63) is 98.2 Å². The summed E-state index contributed by atoms with van der Waals surface area (Å²) in [6.45, 7) is 0.550. The Bertz CT molecular complexity index is 1190. The van der Waals surface area contributed by atoms with E-state index in [-0.39, 0.29) is 5.91 Å². The van der Waals surface area contributed by atoms with Crippen LogP contribution in [0.15, 0.2) is 71.0 Å². The molecule has 7 heteroatoms. The van der Waals surface area contributed by atoms with Gasteiger partial charge in [0, 0.05) is 23.2 Å². The normalized spacial score (nSPS) is 14.5. The van der Waals surface area contributed by atoms with Gasteiger partial charge in [0.1, 0.15) is 17.8 Å². The summed E-state index contributed by atoms with van der Waals surface area (Å²) >= 11 is 6.42. The molecular weight excluding hydrogens is 498 g/mol. The summed E-state index contributed by atoms with van der Waals surface area (Å²) in [5, 5.41) is 3.66. The Balaban J connectivity index is 1.38. The van der Waals surface area contributed by atoms with Crippen molar-refractivity contribution >= 4 is 46.5 Å². The smallest absolute Gasteiger partial charge is 0.251 e. The lowest BCUT2D eigenvalue weighted by Crippen LogP contribution is -2.25. The number of hydrogen-bond donors (Lipinski definition) is 1. The highest BCUT2D eigenvalue weighted by Crippen LogP contribution is 2.46. The van der Waals surface area contributed by atoms with Crippen LogP contribution in [-0.4, -0.2) is 29.5 Å². The lowest BCUT2D eigenvalue weighted by Gasteiger charge is -2.13. The zero-order valence-electron chi connectivity index (χ0n) is 19.8. The molecule has 1 saturated carbocycles. The van der Waals surface area contributed by atoms with Crippen LogP contribution in [0.1, 0.15) is 45.8 Å². The monoisotopic (exact) mass is 525 g/mol. The van der Waals surface area contributed by atoms with E-state index in [1.807, 2.05) is 60.9 Å². The highest BCUT2D eigenvalue weighted by molar-refractivity contribution is 8.18. The first-order chi connectivity index (χ1) is 16.9. The van der Waals surface area contributed by atoms with E-state index < -0.39 is 11.2 Å². The van der Waals surface area contributed by atoms with Crippen molar-refractivity contribution in [3.8, 4) is 11.5 Å². The van der Waals surface area contributed by atoms with Crippen LogP contribution in [0.3, 0.4) is 0 Å². The highest BCUT2D eigenvalue weighted by Gasteiger charge is 2.27. The molecule has 0 spiro atoms. The molecule has 4 nitrogen and oxygen atoms in total. The Hall–Kier alpha value is -2.38. The van der Waals surface area contributed by atoms with E-state index in [1.54, 1.807) is 18.4 Å². The third kappa shape index (κ3) is 7.31. The van der Waals surface area contributed by atoms with Crippen LogP contribution in [0.4, 0.5) is 0 Å². The third-order valence-corrected chi connectivity index (χ3v) is 8.44. The molecule has 1 N–H and O–H groups in total. The second-order valence-corrected chi connectivity index (χ2v) is 11.3. The number of benzene rings is 3. The average Bonchev–Trinajstić information content (AvgIpc) is 3.70. The van der Waals surface area contributed by atoms with Gasteiger partial charge in [0.05, 0.1) is 0 Å². The molecule has 1 unspecified atom stereocenters. The van der Waals surface area contributed by atoms with E-state index in [1.165, 1.54) is 17.3 Å². The van der Waals surface area contributed by atoms with Gasteiger partial charge in [-0.15, -0.1) is 0 Å². The fraction of sp³-hybridized carbons (Fsp3) is 0.250. The number of ether oxygens (including phenoxy) is 1. The zero-order chi connectivity index (χ0) is 24.8. The third-order valence-electron chi connectivity index (χ3n) is 5.78. The number of nitrogens with one attached hydrogen (secondary N) is 1. The molecule has 1 amide bonds. The maximum absolute atomic E-state index is 12.5. The molecule has 4 rings (SSSR count). The molecule has 0 saturated heterocycles. The van der Waals surface area contributed by atoms with Gasteiger partial charge in [0.25, 0.3) is 5.91 Å². The Morgan fingerprint density at radius 3 is 2.49 bits per heavy atom. The summed E-state index contributed by atoms with van der Waals surface area (Å²) in [6, 6.07) is 21.0. The van der Waals surface area contributed by atoms with Crippen molar-refractivity contribution in [2.45, 2.75) is 25.2 Å². The van der Waals surface area contributed by atoms with Crippen molar-refractivity contribution in [1.29, 1.82) is 0 Å². The minimum Gasteiger partial charge on any atom is -0.611 e. The van der Waals surface area contributed by atoms with E-state index in [0.29, 0.717) is 28.8 Å². The summed E-state index contributed by atoms with van der Waals surface area (Å²) in [5.41, 5.74) is 3.92. The van der Waals surface area contributed by atoms with Crippen LogP contribution in [0.25, 0.3) is 6.08 Å². The molecule has 0 bridgehead atoms. The van der Waals surface area contributed by atoms with Gasteiger partial charge >= 0.3 is 0 Å². The van der Waals surface area contributed by atoms with Crippen LogP contribution in [0, 0.1) is 0 Å². The van der Waals surface area contributed by atoms with Gasteiger partial charge in [-0.3, -0.25) is 4.79 Å². The molecule has 0 aliphatic heterocycles. The zero-order valence-corrected chi connectivity index (χ0v) is 22.1. The lowest BCUT2D eigenvalue weighted by atomic mass is 10.1. The Labute approximate surface area is 219 Å². The van der Waals surface area contributed by atoms with Crippen LogP contribution in [-0.2, 0) is 17.6 Å². The standard InChI is InChI=1S/C28H28ClNO3S2/c1-34-27(35(2)32)18-20-5-14-26(25(17-20)21-6-7-21)33-24-12-8-22(9-13-24)28(31)30-16-15-19-3-10-23(29)11-4-19/h3-5,8-14,17-18,21H,6-7,15-16H2,1-2H3,(H,30,31)/b27-18-. The summed E-state index contributed by atoms with van der Waals surface area (Å²) < 4.78 is 18.9. The fourth-order valence-electron chi connectivity index (χ4n) is 3.73. The largest absolute Gasteiger partial charge is 0.611 e. The molecule has 3 aromatic rings. The minimum absolute atomic E-state index is 0.113. The molecule has 3 aromatic carbocycles. The van der Waals surface area contributed by atoms with E-state index in [4.69, 9.17) is 16.3 Å². The quantitative estimate of drug-likeness (QED) is 0.289. The van der Waals surface area contributed by atoms with E-state index in [2.05, 4.69) is 11.4 Å². The number of thioether (sulfide) groups is 1. The summed E-state index contributed by atoms with van der Waals surface area (Å²) in [7, 11) is 0. The van der Waals surface area contributed by atoms with Crippen LogP contribution >= 0.6 is 23.4 Å². The number of carbonyl (C=O) groups excluding carboxylic acids is 1. The first-order valence-electron chi connectivity index (χ1n) is 11.5. The Morgan fingerprint density at radius 1 is 1.14 bits per heavy atom. The van der Waals surface area contributed by atoms with Gasteiger partial charge < -0.3 is 14.6 Å².